The molecule has 142 valence electrons. The van der Waals surface area contributed by atoms with Crippen LogP contribution >= 0.6 is 0 Å². The van der Waals surface area contributed by atoms with Gasteiger partial charge in [0.05, 0.1) is 5.56 Å². The number of benzene rings is 2. The smallest absolute Gasteiger partial charge is 0.261 e. The molecule has 2 heterocycles. The summed E-state index contributed by atoms with van der Waals surface area (Å²) in [5.74, 6) is 0.556. The Morgan fingerprint density at radius 2 is 1.89 bits per heavy atom. The molecule has 0 atom stereocenters. The fraction of sp³-hybridized carbons (Fsp3) is 0.261. The van der Waals surface area contributed by atoms with Crippen molar-refractivity contribution < 1.29 is 4.79 Å². The highest BCUT2D eigenvalue weighted by Crippen LogP contribution is 2.31. The molecule has 0 spiro atoms. The monoisotopic (exact) mass is 372 g/mol. The molecule has 0 fully saturated rings. The van der Waals surface area contributed by atoms with Crippen LogP contribution in [-0.4, -0.2) is 29.0 Å². The number of nitrogens with zero attached hydrogens (tertiary/aromatic N) is 4. The van der Waals surface area contributed by atoms with Gasteiger partial charge in [0.15, 0.2) is 0 Å². The Labute approximate surface area is 165 Å². The normalized spacial score (nSPS) is 13.1. The van der Waals surface area contributed by atoms with Gasteiger partial charge in [-0.1, -0.05) is 30.3 Å². The summed E-state index contributed by atoms with van der Waals surface area (Å²) in [6, 6.07) is 16.3. The number of hydrogen-bond acceptors (Lipinski definition) is 4. The number of anilines is 3. The molecular weight excluding hydrogens is 348 g/mol. The van der Waals surface area contributed by atoms with Crippen LogP contribution in [0.2, 0.25) is 0 Å². The lowest BCUT2D eigenvalue weighted by atomic mass is 10.0. The minimum atomic E-state index is -0.0845. The largest absolute Gasteiger partial charge is 0.310 e. The third-order valence-electron chi connectivity index (χ3n) is 5.11. The molecule has 5 heteroatoms. The minimum Gasteiger partial charge on any atom is -0.310 e. The van der Waals surface area contributed by atoms with E-state index in [0.29, 0.717) is 18.1 Å². The summed E-state index contributed by atoms with van der Waals surface area (Å²) >= 11 is 0. The second kappa shape index (κ2) is 7.80. The molecule has 0 saturated carbocycles. The molecule has 3 aromatic rings. The quantitative estimate of drug-likeness (QED) is 0.675. The highest BCUT2D eigenvalue weighted by molar-refractivity contribution is 6.05. The van der Waals surface area contributed by atoms with E-state index in [9.17, 15) is 4.79 Å². The third kappa shape index (κ3) is 3.48. The van der Waals surface area contributed by atoms with Crippen LogP contribution in [0.1, 0.15) is 34.8 Å². The van der Waals surface area contributed by atoms with Crippen LogP contribution in [0.15, 0.2) is 60.9 Å². The van der Waals surface area contributed by atoms with Crippen molar-refractivity contribution in [1.82, 2.24) is 9.97 Å². The van der Waals surface area contributed by atoms with Gasteiger partial charge < -0.3 is 9.80 Å². The first kappa shape index (κ1) is 18.2. The fourth-order valence-electron chi connectivity index (χ4n) is 3.71. The maximum atomic E-state index is 13.0. The van der Waals surface area contributed by atoms with Gasteiger partial charge in [-0.05, 0) is 56.0 Å². The summed E-state index contributed by atoms with van der Waals surface area (Å²) < 4.78 is 0. The zero-order valence-electron chi connectivity index (χ0n) is 16.3. The lowest BCUT2D eigenvalue weighted by Gasteiger charge is -2.29. The summed E-state index contributed by atoms with van der Waals surface area (Å²) in [5, 5.41) is 0. The molecule has 0 radical (unpaired) electrons. The lowest BCUT2D eigenvalue weighted by molar-refractivity contribution is 0.0987. The van der Waals surface area contributed by atoms with Gasteiger partial charge in [0.1, 0.15) is 0 Å². The van der Waals surface area contributed by atoms with E-state index in [-0.39, 0.29) is 5.91 Å². The maximum Gasteiger partial charge on any atom is 0.261 e. The van der Waals surface area contributed by atoms with E-state index in [4.69, 9.17) is 0 Å². The van der Waals surface area contributed by atoms with Crippen molar-refractivity contribution in [1.29, 1.82) is 0 Å². The predicted molar refractivity (Wildman–Crippen MR) is 112 cm³/mol. The van der Waals surface area contributed by atoms with Crippen molar-refractivity contribution in [2.24, 2.45) is 0 Å². The topological polar surface area (TPSA) is 49.3 Å². The van der Waals surface area contributed by atoms with E-state index >= 15 is 0 Å². The Kier molecular flexibility index (Phi) is 5.06. The molecule has 0 aliphatic carbocycles. The molecule has 0 saturated heterocycles. The zero-order chi connectivity index (χ0) is 19.5. The number of amides is 1. The molecule has 0 N–H and O–H groups in total. The number of carbonyl (C=O) groups excluding carboxylic acids is 1. The molecule has 0 unspecified atom stereocenters. The van der Waals surface area contributed by atoms with E-state index in [1.165, 1.54) is 5.56 Å². The van der Waals surface area contributed by atoms with Crippen molar-refractivity contribution in [3.8, 4) is 0 Å². The van der Waals surface area contributed by atoms with E-state index in [2.05, 4.69) is 33.1 Å². The Morgan fingerprint density at radius 1 is 1.11 bits per heavy atom. The number of fused-ring (bicyclic) bond motifs is 1. The maximum absolute atomic E-state index is 13.0. The van der Waals surface area contributed by atoms with E-state index in [1.807, 2.05) is 44.2 Å². The van der Waals surface area contributed by atoms with Crippen LogP contribution < -0.4 is 9.80 Å². The summed E-state index contributed by atoms with van der Waals surface area (Å²) in [7, 11) is 0. The van der Waals surface area contributed by atoms with Crippen molar-refractivity contribution in [2.45, 2.75) is 26.7 Å². The van der Waals surface area contributed by atoms with E-state index < -0.39 is 0 Å². The van der Waals surface area contributed by atoms with Gasteiger partial charge in [-0.25, -0.2) is 9.97 Å². The van der Waals surface area contributed by atoms with Gasteiger partial charge in [-0.3, -0.25) is 4.79 Å². The highest BCUT2D eigenvalue weighted by atomic mass is 16.2. The van der Waals surface area contributed by atoms with E-state index in [0.717, 1.165) is 36.3 Å². The molecule has 28 heavy (non-hydrogen) atoms. The number of carbonyl (C=O) groups is 1. The van der Waals surface area contributed by atoms with Gasteiger partial charge in [-0.2, -0.15) is 0 Å². The van der Waals surface area contributed by atoms with Crippen LogP contribution in [0.5, 0.6) is 0 Å². The average Bonchev–Trinajstić information content (AvgIpc) is 2.74. The zero-order valence-corrected chi connectivity index (χ0v) is 16.3. The molecule has 2 aromatic carbocycles. The SMILES string of the molecule is CCN(C(=O)c1cnc(N2CCCc3ccccc32)nc1)c1cccc(C)c1. The van der Waals surface area contributed by atoms with Crippen LogP contribution in [0.4, 0.5) is 17.3 Å². The molecule has 1 aliphatic heterocycles. The minimum absolute atomic E-state index is 0.0845. The van der Waals surface area contributed by atoms with Gasteiger partial charge >= 0.3 is 0 Å². The second-order valence-electron chi connectivity index (χ2n) is 7.04. The fourth-order valence-corrected chi connectivity index (χ4v) is 3.71. The average molecular weight is 372 g/mol. The second-order valence-corrected chi connectivity index (χ2v) is 7.04. The van der Waals surface area contributed by atoms with Crippen LogP contribution in [-0.2, 0) is 6.42 Å². The van der Waals surface area contributed by atoms with Gasteiger partial charge in [0.25, 0.3) is 5.91 Å². The predicted octanol–water partition coefficient (Wildman–Crippen LogP) is 4.54. The molecular formula is C23H24N4O. The van der Waals surface area contributed by atoms with Crippen LogP contribution in [0, 0.1) is 6.92 Å². The van der Waals surface area contributed by atoms with Gasteiger partial charge in [-0.15, -0.1) is 0 Å². The first-order valence-electron chi connectivity index (χ1n) is 9.73. The summed E-state index contributed by atoms with van der Waals surface area (Å²) in [6.45, 7) is 5.47. The van der Waals surface area contributed by atoms with Crippen molar-refractivity contribution in [3.05, 3.63) is 77.6 Å². The first-order chi connectivity index (χ1) is 13.7. The summed E-state index contributed by atoms with van der Waals surface area (Å²) in [5.41, 5.74) is 4.98. The standard InChI is InChI=1S/C23H24N4O/c1-3-26(20-11-6-8-17(2)14-20)22(28)19-15-24-23(25-16-19)27-13-7-10-18-9-4-5-12-21(18)27/h4-6,8-9,11-12,14-16H,3,7,10,13H2,1-2H3. The third-order valence-corrected chi connectivity index (χ3v) is 5.11. The number of aromatic nitrogens is 2. The first-order valence-corrected chi connectivity index (χ1v) is 9.73. The highest BCUT2D eigenvalue weighted by Gasteiger charge is 2.21. The molecule has 0 bridgehead atoms. The number of hydrogen-bond donors (Lipinski definition) is 0. The van der Waals surface area contributed by atoms with Crippen molar-refractivity contribution in [2.75, 3.05) is 22.9 Å². The molecule has 1 aliphatic rings. The van der Waals surface area contributed by atoms with Crippen LogP contribution in [0.25, 0.3) is 0 Å². The summed E-state index contributed by atoms with van der Waals surface area (Å²) in [4.78, 5) is 25.9. The Balaban J connectivity index is 1.59. The van der Waals surface area contributed by atoms with Gasteiger partial charge in [0, 0.05) is 36.9 Å². The molecule has 1 aromatic heterocycles. The van der Waals surface area contributed by atoms with Gasteiger partial charge in [0.2, 0.25) is 5.95 Å². The van der Waals surface area contributed by atoms with Crippen molar-refractivity contribution in [3.63, 3.8) is 0 Å². The van der Waals surface area contributed by atoms with Crippen molar-refractivity contribution >= 4 is 23.2 Å². The van der Waals surface area contributed by atoms with E-state index in [1.54, 1.807) is 17.3 Å². The molecule has 1 amide bonds. The Bertz CT molecular complexity index is 984. The van der Waals surface area contributed by atoms with Crippen LogP contribution in [0.3, 0.4) is 0 Å². The number of aryl methyl sites for hydroxylation is 2. The molecule has 4 rings (SSSR count). The number of rotatable bonds is 4. The Hall–Kier alpha value is -3.21. The molecule has 5 nitrogen and oxygen atoms in total. The number of para-hydroxylation sites is 1. The lowest BCUT2D eigenvalue weighted by Crippen LogP contribution is -2.31. The Morgan fingerprint density at radius 3 is 2.64 bits per heavy atom. The summed E-state index contributed by atoms with van der Waals surface area (Å²) in [6.07, 6.45) is 5.42.